The van der Waals surface area contributed by atoms with Crippen LogP contribution in [0.4, 0.5) is 0 Å². The maximum atomic E-state index is 13.7. The largest absolute Gasteiger partial charge is 0.493 e. The van der Waals surface area contributed by atoms with Gasteiger partial charge in [0.15, 0.2) is 11.5 Å². The molecule has 0 bridgehead atoms. The van der Waals surface area contributed by atoms with E-state index in [0.717, 1.165) is 5.56 Å². The van der Waals surface area contributed by atoms with E-state index >= 15 is 0 Å². The van der Waals surface area contributed by atoms with E-state index in [9.17, 15) is 14.7 Å². The van der Waals surface area contributed by atoms with Gasteiger partial charge in [-0.05, 0) is 40.7 Å². The summed E-state index contributed by atoms with van der Waals surface area (Å²) in [5.41, 5.74) is 0.665. The molecule has 0 atom stereocenters. The quantitative estimate of drug-likeness (QED) is 0.254. The predicted molar refractivity (Wildman–Crippen MR) is 160 cm³/mol. The Morgan fingerprint density at radius 2 is 1.29 bits per heavy atom. The van der Waals surface area contributed by atoms with E-state index < -0.39 is 17.0 Å². The summed E-state index contributed by atoms with van der Waals surface area (Å²) in [7, 11) is 5.00. The summed E-state index contributed by atoms with van der Waals surface area (Å²) in [6, 6.07) is 24.4. The number of rotatable bonds is 14. The zero-order valence-corrected chi connectivity index (χ0v) is 25.2. The highest BCUT2D eigenvalue weighted by atomic mass is 16.5. The van der Waals surface area contributed by atoms with E-state index in [4.69, 9.17) is 14.2 Å². The van der Waals surface area contributed by atoms with Gasteiger partial charge in [-0.15, -0.1) is 0 Å². The fourth-order valence-electron chi connectivity index (χ4n) is 5.91. The number of aliphatic carboxylic acids is 1. The molecule has 3 aromatic rings. The molecule has 0 fully saturated rings. The minimum atomic E-state index is -1.33. The van der Waals surface area contributed by atoms with Crippen molar-refractivity contribution in [2.24, 2.45) is 11.8 Å². The lowest BCUT2D eigenvalue weighted by molar-refractivity contribution is -0.151. The molecule has 0 aliphatic carbocycles. The standard InChI is InChI=1S/C34H43NO6/c1-24(2)33(25(3)4,28-18-19-29(39-6)30(20-28)40-7)23-35(5)31(36)22-41-34(21-32(37)38,26-14-10-8-11-15-26)27-16-12-9-13-17-27/h8-20,24-25H,21-23H2,1-7H3,(H,37,38). The number of benzene rings is 3. The highest BCUT2D eigenvalue weighted by Crippen LogP contribution is 2.43. The number of carbonyl (C=O) groups excluding carboxylic acids is 1. The minimum Gasteiger partial charge on any atom is -0.493 e. The first kappa shape index (κ1) is 31.7. The summed E-state index contributed by atoms with van der Waals surface area (Å²) in [5.74, 6) is 0.376. The Kier molecular flexibility index (Phi) is 10.6. The topological polar surface area (TPSA) is 85.3 Å². The van der Waals surface area contributed by atoms with Crippen molar-refractivity contribution in [3.05, 3.63) is 95.6 Å². The fourth-order valence-corrected chi connectivity index (χ4v) is 5.91. The van der Waals surface area contributed by atoms with Gasteiger partial charge >= 0.3 is 5.97 Å². The van der Waals surface area contributed by atoms with Crippen LogP contribution in [0.1, 0.15) is 50.8 Å². The van der Waals surface area contributed by atoms with E-state index in [2.05, 4.69) is 27.7 Å². The second-order valence-corrected chi connectivity index (χ2v) is 11.1. The van der Waals surface area contributed by atoms with Gasteiger partial charge in [-0.25, -0.2) is 0 Å². The minimum absolute atomic E-state index is 0.177. The number of carbonyl (C=O) groups is 2. The number of nitrogens with zero attached hydrogens (tertiary/aromatic N) is 1. The lowest BCUT2D eigenvalue weighted by Gasteiger charge is -2.45. The summed E-state index contributed by atoms with van der Waals surface area (Å²) in [5, 5.41) is 9.93. The molecule has 0 heterocycles. The third kappa shape index (κ3) is 6.73. The number of hydrogen-bond donors (Lipinski definition) is 1. The Morgan fingerprint density at radius 3 is 1.73 bits per heavy atom. The molecule has 3 rings (SSSR count). The summed E-state index contributed by atoms with van der Waals surface area (Å²) in [6.07, 6.45) is -0.328. The first-order chi connectivity index (χ1) is 19.5. The van der Waals surface area contributed by atoms with Crippen LogP contribution in [0, 0.1) is 11.8 Å². The number of carboxylic acids is 1. The zero-order valence-electron chi connectivity index (χ0n) is 25.2. The summed E-state index contributed by atoms with van der Waals surface area (Å²) < 4.78 is 17.5. The lowest BCUT2D eigenvalue weighted by Crippen LogP contribution is -2.50. The number of carboxylic acid groups (broad SMARTS) is 1. The molecule has 1 N–H and O–H groups in total. The summed E-state index contributed by atoms with van der Waals surface area (Å²) >= 11 is 0. The number of likely N-dealkylation sites (N-methyl/N-ethyl adjacent to an activating group) is 1. The Hall–Kier alpha value is -3.84. The van der Waals surface area contributed by atoms with E-state index in [1.165, 1.54) is 0 Å². The SMILES string of the molecule is COc1ccc(C(CN(C)C(=O)COC(CC(=O)O)(c2ccccc2)c2ccccc2)(C(C)C)C(C)C)cc1OC. The molecule has 0 saturated heterocycles. The average Bonchev–Trinajstić information content (AvgIpc) is 2.97. The number of methoxy groups -OCH3 is 2. The molecule has 7 nitrogen and oxygen atoms in total. The first-order valence-corrected chi connectivity index (χ1v) is 13.9. The van der Waals surface area contributed by atoms with Crippen molar-refractivity contribution >= 4 is 11.9 Å². The van der Waals surface area contributed by atoms with E-state index in [1.54, 1.807) is 26.2 Å². The van der Waals surface area contributed by atoms with Crippen LogP contribution in [0.5, 0.6) is 11.5 Å². The van der Waals surface area contributed by atoms with E-state index in [0.29, 0.717) is 29.2 Å². The monoisotopic (exact) mass is 561 g/mol. The smallest absolute Gasteiger partial charge is 0.307 e. The van der Waals surface area contributed by atoms with Crippen molar-refractivity contribution in [3.63, 3.8) is 0 Å². The van der Waals surface area contributed by atoms with Crippen LogP contribution in [0.25, 0.3) is 0 Å². The molecule has 3 aromatic carbocycles. The molecule has 0 saturated carbocycles. The van der Waals surface area contributed by atoms with Crippen LogP contribution < -0.4 is 9.47 Å². The molecule has 7 heteroatoms. The third-order valence-electron chi connectivity index (χ3n) is 8.23. The Bertz CT molecular complexity index is 1240. The molecule has 41 heavy (non-hydrogen) atoms. The fraction of sp³-hybridized carbons (Fsp3) is 0.412. The number of amides is 1. The van der Waals surface area contributed by atoms with Gasteiger partial charge in [-0.2, -0.15) is 0 Å². The van der Waals surface area contributed by atoms with Crippen molar-refractivity contribution in [3.8, 4) is 11.5 Å². The van der Waals surface area contributed by atoms with Crippen LogP contribution in [0.2, 0.25) is 0 Å². The van der Waals surface area contributed by atoms with Crippen LogP contribution >= 0.6 is 0 Å². The molecular weight excluding hydrogens is 518 g/mol. The van der Waals surface area contributed by atoms with Gasteiger partial charge in [-0.3, -0.25) is 9.59 Å². The molecule has 220 valence electrons. The molecular formula is C34H43NO6. The van der Waals surface area contributed by atoms with Crippen molar-refractivity contribution in [1.82, 2.24) is 4.90 Å². The molecule has 0 aliphatic heterocycles. The van der Waals surface area contributed by atoms with Gasteiger partial charge in [0.2, 0.25) is 5.91 Å². The first-order valence-electron chi connectivity index (χ1n) is 13.9. The summed E-state index contributed by atoms with van der Waals surface area (Å²) in [4.78, 5) is 27.6. The Balaban J connectivity index is 1.96. The van der Waals surface area contributed by atoms with Gasteiger partial charge in [-0.1, -0.05) is 94.4 Å². The molecule has 0 aromatic heterocycles. The van der Waals surface area contributed by atoms with Crippen molar-refractivity contribution < 1.29 is 28.9 Å². The van der Waals surface area contributed by atoms with Gasteiger partial charge in [0.1, 0.15) is 12.2 Å². The van der Waals surface area contributed by atoms with Crippen LogP contribution in [-0.2, 0) is 25.3 Å². The molecule has 0 spiro atoms. The maximum Gasteiger partial charge on any atom is 0.307 e. The van der Waals surface area contributed by atoms with Crippen LogP contribution in [0.3, 0.4) is 0 Å². The molecule has 1 amide bonds. The Morgan fingerprint density at radius 1 is 0.780 bits per heavy atom. The van der Waals surface area contributed by atoms with Gasteiger partial charge in [0, 0.05) is 19.0 Å². The highest BCUT2D eigenvalue weighted by Gasteiger charge is 2.42. The van der Waals surface area contributed by atoms with Crippen LogP contribution in [0.15, 0.2) is 78.9 Å². The van der Waals surface area contributed by atoms with Crippen molar-refractivity contribution in [2.45, 2.75) is 45.1 Å². The Labute approximate surface area is 244 Å². The van der Waals surface area contributed by atoms with Gasteiger partial charge in [0.25, 0.3) is 0 Å². The van der Waals surface area contributed by atoms with Crippen molar-refractivity contribution in [2.75, 3.05) is 34.4 Å². The second kappa shape index (κ2) is 13.7. The number of ether oxygens (including phenoxy) is 3. The van der Waals surface area contributed by atoms with Crippen molar-refractivity contribution in [1.29, 1.82) is 0 Å². The molecule has 0 aliphatic rings. The highest BCUT2D eigenvalue weighted by molar-refractivity contribution is 5.78. The molecule has 0 radical (unpaired) electrons. The summed E-state index contributed by atoms with van der Waals surface area (Å²) in [6.45, 7) is 8.79. The van der Waals surface area contributed by atoms with Gasteiger partial charge in [0.05, 0.1) is 20.6 Å². The maximum absolute atomic E-state index is 13.7. The predicted octanol–water partition coefficient (Wildman–Crippen LogP) is 6.15. The average molecular weight is 562 g/mol. The lowest BCUT2D eigenvalue weighted by atomic mass is 9.64. The van der Waals surface area contributed by atoms with E-state index in [1.807, 2.05) is 78.9 Å². The third-order valence-corrected chi connectivity index (χ3v) is 8.23. The zero-order chi connectivity index (χ0) is 30.2. The normalized spacial score (nSPS) is 11.9. The number of hydrogen-bond acceptors (Lipinski definition) is 5. The van der Waals surface area contributed by atoms with Gasteiger partial charge < -0.3 is 24.2 Å². The van der Waals surface area contributed by atoms with E-state index in [-0.39, 0.29) is 30.8 Å². The molecule has 0 unspecified atom stereocenters. The second-order valence-electron chi connectivity index (χ2n) is 11.1. The van der Waals surface area contributed by atoms with Crippen LogP contribution in [-0.4, -0.2) is 56.3 Å².